The Labute approximate surface area is 119 Å². The molecule has 2 rings (SSSR count). The normalized spacial score (nSPS) is 20.5. The van der Waals surface area contributed by atoms with E-state index in [2.05, 4.69) is 4.90 Å². The molecular formula is C15H20ClNO2. The molecule has 104 valence electrons. The van der Waals surface area contributed by atoms with Crippen LogP contribution in [0.5, 0.6) is 0 Å². The molecule has 1 N–H and O–H groups in total. The molecule has 0 spiro atoms. The van der Waals surface area contributed by atoms with Gasteiger partial charge < -0.3 is 5.11 Å². The number of likely N-dealkylation sites (tertiary alicyclic amines) is 1. The highest BCUT2D eigenvalue weighted by atomic mass is 35.5. The minimum atomic E-state index is -0.963. The molecule has 0 unspecified atom stereocenters. The van der Waals surface area contributed by atoms with Crippen LogP contribution in [0.4, 0.5) is 0 Å². The molecule has 1 aromatic carbocycles. The summed E-state index contributed by atoms with van der Waals surface area (Å²) in [5, 5.41) is 10.4. The molecule has 1 aliphatic rings. The van der Waals surface area contributed by atoms with Crippen LogP contribution in [0.15, 0.2) is 24.3 Å². The molecule has 4 heteroatoms. The molecule has 1 fully saturated rings. The van der Waals surface area contributed by atoms with Crippen LogP contribution in [-0.2, 0) is 10.3 Å². The SMILES string of the molecule is C[C@@](C(=O)O)(c1ccc(Cl)cc1)N1CCCCCC1. The van der Waals surface area contributed by atoms with E-state index in [9.17, 15) is 9.90 Å². The third-order valence-corrected chi connectivity index (χ3v) is 4.31. The lowest BCUT2D eigenvalue weighted by atomic mass is 9.89. The van der Waals surface area contributed by atoms with Crippen molar-refractivity contribution in [3.05, 3.63) is 34.9 Å². The quantitative estimate of drug-likeness (QED) is 0.922. The zero-order valence-corrected chi connectivity index (χ0v) is 12.0. The summed E-state index contributed by atoms with van der Waals surface area (Å²) < 4.78 is 0. The Kier molecular flexibility index (Phi) is 4.48. The molecule has 1 heterocycles. The maximum absolute atomic E-state index is 11.8. The summed E-state index contributed by atoms with van der Waals surface area (Å²) in [6, 6.07) is 7.16. The zero-order chi connectivity index (χ0) is 13.9. The lowest BCUT2D eigenvalue weighted by molar-refractivity contribution is -0.151. The fourth-order valence-corrected chi connectivity index (χ4v) is 2.86. The summed E-state index contributed by atoms with van der Waals surface area (Å²) in [6.07, 6.45) is 4.51. The second-order valence-corrected chi connectivity index (χ2v) is 5.72. The van der Waals surface area contributed by atoms with Crippen molar-refractivity contribution in [2.24, 2.45) is 0 Å². The molecule has 0 aromatic heterocycles. The second kappa shape index (κ2) is 5.93. The summed E-state index contributed by atoms with van der Waals surface area (Å²) in [5.74, 6) is -0.795. The van der Waals surface area contributed by atoms with Crippen LogP contribution >= 0.6 is 11.6 Å². The van der Waals surface area contributed by atoms with Crippen LogP contribution in [0.3, 0.4) is 0 Å². The lowest BCUT2D eigenvalue weighted by Crippen LogP contribution is -2.50. The Balaban J connectivity index is 2.35. The number of carboxylic acids is 1. The van der Waals surface area contributed by atoms with E-state index >= 15 is 0 Å². The van der Waals surface area contributed by atoms with Gasteiger partial charge in [0.2, 0.25) is 0 Å². The molecular weight excluding hydrogens is 262 g/mol. The highest BCUT2D eigenvalue weighted by Crippen LogP contribution is 2.31. The number of halogens is 1. The first-order chi connectivity index (χ1) is 9.05. The topological polar surface area (TPSA) is 40.5 Å². The largest absolute Gasteiger partial charge is 0.480 e. The number of carboxylic acid groups (broad SMARTS) is 1. The predicted octanol–water partition coefficient (Wildman–Crippen LogP) is 3.52. The number of hydrogen-bond acceptors (Lipinski definition) is 2. The Morgan fingerprint density at radius 3 is 2.16 bits per heavy atom. The predicted molar refractivity (Wildman–Crippen MR) is 76.5 cm³/mol. The van der Waals surface area contributed by atoms with Crippen molar-refractivity contribution in [1.82, 2.24) is 4.90 Å². The minimum Gasteiger partial charge on any atom is -0.480 e. The van der Waals surface area contributed by atoms with Crippen LogP contribution in [0.1, 0.15) is 38.2 Å². The maximum atomic E-state index is 11.8. The number of rotatable bonds is 3. The van der Waals surface area contributed by atoms with Crippen LogP contribution in [0, 0.1) is 0 Å². The molecule has 0 amide bonds. The Bertz CT molecular complexity index is 438. The first kappa shape index (κ1) is 14.4. The number of nitrogens with zero attached hydrogens (tertiary/aromatic N) is 1. The van der Waals surface area contributed by atoms with E-state index in [0.717, 1.165) is 31.5 Å². The van der Waals surface area contributed by atoms with Gasteiger partial charge in [0.15, 0.2) is 0 Å². The molecule has 1 saturated heterocycles. The Hall–Kier alpha value is -1.06. The van der Waals surface area contributed by atoms with Gasteiger partial charge in [-0.2, -0.15) is 0 Å². The van der Waals surface area contributed by atoms with Crippen molar-refractivity contribution >= 4 is 17.6 Å². The molecule has 0 aliphatic carbocycles. The van der Waals surface area contributed by atoms with E-state index in [0.29, 0.717) is 5.02 Å². The molecule has 1 atom stereocenters. The van der Waals surface area contributed by atoms with Gasteiger partial charge in [-0.15, -0.1) is 0 Å². The van der Waals surface area contributed by atoms with Gasteiger partial charge in [0.05, 0.1) is 0 Å². The van der Waals surface area contributed by atoms with E-state index in [1.807, 2.05) is 12.1 Å². The van der Waals surface area contributed by atoms with Gasteiger partial charge in [-0.3, -0.25) is 4.90 Å². The molecule has 1 aliphatic heterocycles. The monoisotopic (exact) mass is 281 g/mol. The number of hydrogen-bond donors (Lipinski definition) is 1. The van der Waals surface area contributed by atoms with E-state index in [-0.39, 0.29) is 0 Å². The van der Waals surface area contributed by atoms with E-state index < -0.39 is 11.5 Å². The van der Waals surface area contributed by atoms with Gasteiger partial charge in [0, 0.05) is 5.02 Å². The maximum Gasteiger partial charge on any atom is 0.328 e. The minimum absolute atomic E-state index is 0.632. The average molecular weight is 282 g/mol. The second-order valence-electron chi connectivity index (χ2n) is 5.29. The van der Waals surface area contributed by atoms with E-state index in [1.54, 1.807) is 19.1 Å². The number of aliphatic carboxylic acids is 1. The summed E-state index contributed by atoms with van der Waals surface area (Å²) in [7, 11) is 0. The van der Waals surface area contributed by atoms with Crippen molar-refractivity contribution in [3.8, 4) is 0 Å². The van der Waals surface area contributed by atoms with Crippen molar-refractivity contribution in [3.63, 3.8) is 0 Å². The molecule has 0 saturated carbocycles. The molecule has 1 aromatic rings. The van der Waals surface area contributed by atoms with Gasteiger partial charge >= 0.3 is 5.97 Å². The summed E-state index contributed by atoms with van der Waals surface area (Å²) in [4.78, 5) is 13.9. The number of benzene rings is 1. The van der Waals surface area contributed by atoms with Gasteiger partial charge in [0.25, 0.3) is 0 Å². The first-order valence-corrected chi connectivity index (χ1v) is 7.17. The molecule has 0 bridgehead atoms. The highest BCUT2D eigenvalue weighted by molar-refractivity contribution is 6.30. The van der Waals surface area contributed by atoms with Crippen LogP contribution in [-0.4, -0.2) is 29.1 Å². The zero-order valence-electron chi connectivity index (χ0n) is 11.2. The Morgan fingerprint density at radius 2 is 1.68 bits per heavy atom. The summed E-state index contributed by atoms with van der Waals surface area (Å²) >= 11 is 5.89. The standard InChI is InChI=1S/C15H20ClNO2/c1-15(14(18)19,12-6-8-13(16)9-7-12)17-10-4-2-3-5-11-17/h6-9H,2-5,10-11H2,1H3,(H,18,19)/t15-/m0/s1. The average Bonchev–Trinajstić information content (AvgIpc) is 2.67. The molecule has 3 nitrogen and oxygen atoms in total. The van der Waals surface area contributed by atoms with Crippen molar-refractivity contribution in [2.75, 3.05) is 13.1 Å². The van der Waals surface area contributed by atoms with Crippen molar-refractivity contribution in [1.29, 1.82) is 0 Å². The van der Waals surface area contributed by atoms with E-state index in [4.69, 9.17) is 11.6 Å². The molecule has 19 heavy (non-hydrogen) atoms. The third-order valence-electron chi connectivity index (χ3n) is 4.06. The van der Waals surface area contributed by atoms with E-state index in [1.165, 1.54) is 12.8 Å². The fourth-order valence-electron chi connectivity index (χ4n) is 2.73. The first-order valence-electron chi connectivity index (χ1n) is 6.79. The highest BCUT2D eigenvalue weighted by Gasteiger charge is 2.41. The molecule has 0 radical (unpaired) electrons. The lowest BCUT2D eigenvalue weighted by Gasteiger charge is -2.37. The van der Waals surface area contributed by atoms with Gasteiger partial charge in [0.1, 0.15) is 5.54 Å². The third kappa shape index (κ3) is 2.93. The Morgan fingerprint density at radius 1 is 1.16 bits per heavy atom. The van der Waals surface area contributed by atoms with Crippen LogP contribution in [0.2, 0.25) is 5.02 Å². The van der Waals surface area contributed by atoms with Crippen molar-refractivity contribution in [2.45, 2.75) is 38.1 Å². The van der Waals surface area contributed by atoms with Crippen LogP contribution in [0.25, 0.3) is 0 Å². The van der Waals surface area contributed by atoms with Gasteiger partial charge in [-0.1, -0.05) is 36.6 Å². The van der Waals surface area contributed by atoms with Crippen LogP contribution < -0.4 is 0 Å². The van der Waals surface area contributed by atoms with Gasteiger partial charge in [-0.25, -0.2) is 4.79 Å². The van der Waals surface area contributed by atoms with Gasteiger partial charge in [-0.05, 0) is 50.6 Å². The summed E-state index contributed by atoms with van der Waals surface area (Å²) in [5.41, 5.74) is -0.166. The fraction of sp³-hybridized carbons (Fsp3) is 0.533. The smallest absolute Gasteiger partial charge is 0.328 e. The number of carbonyl (C=O) groups is 1. The van der Waals surface area contributed by atoms with Crippen molar-refractivity contribution < 1.29 is 9.90 Å². The summed E-state index contributed by atoms with van der Waals surface area (Å²) in [6.45, 7) is 3.47.